The Bertz CT molecular complexity index is 995. The highest BCUT2D eigenvalue weighted by Crippen LogP contribution is 2.24. The van der Waals surface area contributed by atoms with E-state index in [2.05, 4.69) is 10.3 Å². The van der Waals surface area contributed by atoms with E-state index in [0.29, 0.717) is 41.8 Å². The van der Waals surface area contributed by atoms with Crippen molar-refractivity contribution in [2.75, 3.05) is 20.3 Å². The molecule has 0 radical (unpaired) electrons. The van der Waals surface area contributed by atoms with Gasteiger partial charge < -0.3 is 14.5 Å². The molecule has 7 heteroatoms. The summed E-state index contributed by atoms with van der Waals surface area (Å²) in [5.41, 5.74) is 3.10. The second-order valence-corrected chi connectivity index (χ2v) is 8.10. The van der Waals surface area contributed by atoms with Crippen molar-refractivity contribution in [3.63, 3.8) is 0 Å². The molecule has 0 aliphatic carbocycles. The first kappa shape index (κ1) is 21.0. The maximum Gasteiger partial charge on any atom is 0.251 e. The van der Waals surface area contributed by atoms with Crippen molar-refractivity contribution in [2.24, 2.45) is 0 Å². The molecule has 1 aromatic heterocycles. The van der Waals surface area contributed by atoms with Gasteiger partial charge in [0, 0.05) is 29.7 Å². The Labute approximate surface area is 172 Å². The molecular formula is C22H24N2O4S. The van der Waals surface area contributed by atoms with Crippen molar-refractivity contribution in [3.8, 4) is 11.5 Å². The van der Waals surface area contributed by atoms with E-state index in [4.69, 9.17) is 9.15 Å². The van der Waals surface area contributed by atoms with Crippen molar-refractivity contribution in [3.05, 3.63) is 71.1 Å². The number of benzene rings is 2. The van der Waals surface area contributed by atoms with Crippen LogP contribution in [0.2, 0.25) is 0 Å². The summed E-state index contributed by atoms with van der Waals surface area (Å²) in [7, 11) is 0.391. The lowest BCUT2D eigenvalue weighted by Gasteiger charge is -2.04. The van der Waals surface area contributed by atoms with E-state index in [1.54, 1.807) is 31.4 Å². The smallest absolute Gasteiger partial charge is 0.251 e. The van der Waals surface area contributed by atoms with Gasteiger partial charge in [0.2, 0.25) is 5.89 Å². The molecule has 1 unspecified atom stereocenters. The number of ether oxygens (including phenoxy) is 1. The van der Waals surface area contributed by atoms with Gasteiger partial charge in [0.15, 0.2) is 0 Å². The third-order valence-electron chi connectivity index (χ3n) is 4.43. The maximum atomic E-state index is 12.6. The number of carbonyl (C=O) groups excluding carboxylic acids is 1. The number of hydrogen-bond acceptors (Lipinski definition) is 5. The van der Waals surface area contributed by atoms with Crippen molar-refractivity contribution >= 4 is 16.7 Å². The highest BCUT2D eigenvalue weighted by molar-refractivity contribution is 7.84. The van der Waals surface area contributed by atoms with Gasteiger partial charge in [-0.15, -0.1) is 0 Å². The van der Waals surface area contributed by atoms with E-state index in [1.807, 2.05) is 38.1 Å². The van der Waals surface area contributed by atoms with Gasteiger partial charge in [-0.1, -0.05) is 17.7 Å². The zero-order valence-electron chi connectivity index (χ0n) is 16.7. The summed E-state index contributed by atoms with van der Waals surface area (Å²) in [6, 6.07) is 14.7. The first-order chi connectivity index (χ1) is 14.0. The van der Waals surface area contributed by atoms with Crippen LogP contribution in [0, 0.1) is 13.8 Å². The van der Waals surface area contributed by atoms with Crippen LogP contribution in [-0.2, 0) is 21.3 Å². The van der Waals surface area contributed by atoms with Crippen LogP contribution in [0.5, 0.6) is 0 Å². The Balaban J connectivity index is 1.70. The van der Waals surface area contributed by atoms with Crippen molar-refractivity contribution in [1.82, 2.24) is 10.3 Å². The molecular weight excluding hydrogens is 388 g/mol. The number of nitrogens with zero attached hydrogens (tertiary/aromatic N) is 1. The molecule has 2 aromatic carbocycles. The molecule has 0 saturated heterocycles. The zero-order valence-corrected chi connectivity index (χ0v) is 17.5. The minimum absolute atomic E-state index is 0.161. The number of rotatable bonds is 8. The number of hydrogen-bond donors (Lipinski definition) is 1. The molecule has 1 atom stereocenters. The van der Waals surface area contributed by atoms with Gasteiger partial charge in [-0.05, 0) is 50.2 Å². The zero-order chi connectivity index (χ0) is 20.8. The topological polar surface area (TPSA) is 81.4 Å². The number of aromatic nitrogens is 1. The minimum Gasteiger partial charge on any atom is -0.441 e. The van der Waals surface area contributed by atoms with Gasteiger partial charge in [-0.2, -0.15) is 0 Å². The molecule has 6 nitrogen and oxygen atoms in total. The summed E-state index contributed by atoms with van der Waals surface area (Å²) in [4.78, 5) is 17.4. The molecule has 0 saturated carbocycles. The van der Waals surface area contributed by atoms with Gasteiger partial charge in [0.05, 0.1) is 28.9 Å². The fraction of sp³-hybridized carbons (Fsp3) is 0.273. The van der Waals surface area contributed by atoms with Crippen molar-refractivity contribution in [2.45, 2.75) is 24.5 Å². The number of oxazole rings is 1. The van der Waals surface area contributed by atoms with Gasteiger partial charge >= 0.3 is 0 Å². The summed E-state index contributed by atoms with van der Waals surface area (Å²) in [5.74, 6) is 1.22. The van der Waals surface area contributed by atoms with Gasteiger partial charge in [-0.25, -0.2) is 4.98 Å². The Morgan fingerprint density at radius 2 is 1.79 bits per heavy atom. The third kappa shape index (κ3) is 5.40. The van der Waals surface area contributed by atoms with E-state index in [0.717, 1.165) is 16.0 Å². The van der Waals surface area contributed by atoms with E-state index in [-0.39, 0.29) is 5.91 Å². The van der Waals surface area contributed by atoms with Crippen LogP contribution in [0.25, 0.3) is 11.5 Å². The minimum atomic E-state index is -1.20. The van der Waals surface area contributed by atoms with Crippen LogP contribution >= 0.6 is 0 Å². The summed E-state index contributed by atoms with van der Waals surface area (Å²) in [6.07, 6.45) is 0. The van der Waals surface area contributed by atoms with Crippen molar-refractivity contribution in [1.29, 1.82) is 0 Å². The van der Waals surface area contributed by atoms with E-state index >= 15 is 0 Å². The summed E-state index contributed by atoms with van der Waals surface area (Å²) in [5, 5.41) is 2.78. The van der Waals surface area contributed by atoms with E-state index < -0.39 is 10.8 Å². The van der Waals surface area contributed by atoms with Crippen molar-refractivity contribution < 1.29 is 18.2 Å². The van der Waals surface area contributed by atoms with Gasteiger partial charge in [-0.3, -0.25) is 9.00 Å². The number of amides is 1. The molecule has 3 rings (SSSR count). The first-order valence-corrected chi connectivity index (χ1v) is 10.6. The molecule has 152 valence electrons. The second kappa shape index (κ2) is 9.62. The van der Waals surface area contributed by atoms with E-state index in [1.165, 1.54) is 0 Å². The fourth-order valence-corrected chi connectivity index (χ4v) is 3.84. The average Bonchev–Trinajstić information content (AvgIpc) is 3.09. The summed E-state index contributed by atoms with van der Waals surface area (Å²) < 4.78 is 23.3. The van der Waals surface area contributed by atoms with Crippen LogP contribution in [0.1, 0.15) is 27.4 Å². The molecule has 0 spiro atoms. The molecule has 0 bridgehead atoms. The Morgan fingerprint density at radius 3 is 2.45 bits per heavy atom. The Morgan fingerprint density at radius 1 is 1.10 bits per heavy atom. The number of carbonyl (C=O) groups is 1. The van der Waals surface area contributed by atoms with Crippen LogP contribution in [0.4, 0.5) is 0 Å². The Hall–Kier alpha value is -2.77. The molecule has 1 amide bonds. The normalized spacial score (nSPS) is 12.0. The quantitative estimate of drug-likeness (QED) is 0.571. The van der Waals surface area contributed by atoms with Crippen LogP contribution in [-0.4, -0.2) is 35.4 Å². The first-order valence-electron chi connectivity index (χ1n) is 9.27. The highest BCUT2D eigenvalue weighted by Gasteiger charge is 2.15. The van der Waals surface area contributed by atoms with Crippen LogP contribution in [0.3, 0.4) is 0 Å². The summed E-state index contributed by atoms with van der Waals surface area (Å²) in [6.45, 7) is 4.73. The van der Waals surface area contributed by atoms with Crippen LogP contribution in [0.15, 0.2) is 57.8 Å². The number of nitrogens with one attached hydrogen (secondary N) is 1. The molecule has 3 aromatic rings. The molecule has 0 aliphatic rings. The predicted octanol–water partition coefficient (Wildman–Crippen LogP) is 3.64. The standard InChI is InChI=1S/C22H24N2O4S/c1-15-4-10-19(11-5-15)29(26)14-20-16(2)28-22(24-20)18-8-6-17(7-9-18)21(25)23-12-13-27-3/h4-11H,12-14H2,1-3H3,(H,23,25). The SMILES string of the molecule is COCCNC(=O)c1ccc(-c2nc(CS(=O)c3ccc(C)cc3)c(C)o2)cc1. The molecule has 1 N–H and O–H groups in total. The monoisotopic (exact) mass is 412 g/mol. The third-order valence-corrected chi connectivity index (χ3v) is 5.76. The molecule has 0 fully saturated rings. The highest BCUT2D eigenvalue weighted by atomic mass is 32.2. The van der Waals surface area contributed by atoms with Gasteiger partial charge in [0.25, 0.3) is 5.91 Å². The van der Waals surface area contributed by atoms with Crippen LogP contribution < -0.4 is 5.32 Å². The molecule has 0 aliphatic heterocycles. The lowest BCUT2D eigenvalue weighted by atomic mass is 10.1. The van der Waals surface area contributed by atoms with Gasteiger partial charge in [0.1, 0.15) is 5.76 Å². The predicted molar refractivity (Wildman–Crippen MR) is 112 cm³/mol. The Kier molecular flexibility index (Phi) is 6.95. The average molecular weight is 413 g/mol. The fourth-order valence-electron chi connectivity index (χ4n) is 2.72. The largest absolute Gasteiger partial charge is 0.441 e. The lowest BCUT2D eigenvalue weighted by Crippen LogP contribution is -2.26. The summed E-state index contributed by atoms with van der Waals surface area (Å²) >= 11 is 0. The lowest BCUT2D eigenvalue weighted by molar-refractivity contribution is 0.0937. The second-order valence-electron chi connectivity index (χ2n) is 6.65. The number of methoxy groups -OCH3 is 1. The number of aryl methyl sites for hydroxylation is 2. The van der Waals surface area contributed by atoms with E-state index in [9.17, 15) is 9.00 Å². The maximum absolute atomic E-state index is 12.6. The molecule has 29 heavy (non-hydrogen) atoms. The molecule has 1 heterocycles.